The van der Waals surface area contributed by atoms with Gasteiger partial charge in [0.25, 0.3) is 0 Å². The molecule has 2 aromatic rings. The predicted octanol–water partition coefficient (Wildman–Crippen LogP) is 4.28. The largest absolute Gasteiger partial charge is 0.390 e. The third-order valence-electron chi connectivity index (χ3n) is 8.18. The zero-order chi connectivity index (χ0) is 25.3. The van der Waals surface area contributed by atoms with Crippen LogP contribution in [0.15, 0.2) is 36.4 Å². The maximum Gasteiger partial charge on any atom is 0.238 e. The Labute approximate surface area is 213 Å². The SMILES string of the molecule is CC[C@]1(C)N[C@@H](C(=O)N[C@H]2C[C@@](C)(O)C2)[C@H](c2cccc(Cl)c2F)[C@]12C(=O)Nc1cc(Cl)ccc12. The average Bonchev–Trinajstić information content (AvgIpc) is 3.21. The lowest BCUT2D eigenvalue weighted by molar-refractivity contribution is -0.127. The maximum atomic E-state index is 15.6. The number of carbonyl (C=O) groups is 2. The zero-order valence-corrected chi connectivity index (χ0v) is 21.2. The van der Waals surface area contributed by atoms with E-state index in [4.69, 9.17) is 23.2 Å². The van der Waals surface area contributed by atoms with Crippen LogP contribution < -0.4 is 16.0 Å². The molecule has 1 saturated heterocycles. The molecule has 1 saturated carbocycles. The minimum absolute atomic E-state index is 0.0771. The monoisotopic (exact) mass is 519 g/mol. The molecule has 4 atom stereocenters. The highest BCUT2D eigenvalue weighted by Crippen LogP contribution is 2.60. The number of anilines is 1. The topological polar surface area (TPSA) is 90.5 Å². The van der Waals surface area contributed by atoms with E-state index >= 15 is 4.39 Å². The van der Waals surface area contributed by atoms with Crippen LogP contribution in [0.4, 0.5) is 10.1 Å². The summed E-state index contributed by atoms with van der Waals surface area (Å²) >= 11 is 12.4. The first-order valence-corrected chi connectivity index (χ1v) is 12.5. The molecule has 1 spiro atoms. The van der Waals surface area contributed by atoms with E-state index in [0.29, 0.717) is 35.5 Å². The van der Waals surface area contributed by atoms with Crippen LogP contribution in [0.5, 0.6) is 0 Å². The second-order valence-electron chi connectivity index (χ2n) is 10.5. The van der Waals surface area contributed by atoms with Crippen LogP contribution in [0.2, 0.25) is 10.0 Å². The number of benzene rings is 2. The second-order valence-corrected chi connectivity index (χ2v) is 11.3. The molecule has 3 aliphatic rings. The smallest absolute Gasteiger partial charge is 0.238 e. The summed E-state index contributed by atoms with van der Waals surface area (Å²) in [5.74, 6) is -2.21. The number of aliphatic hydroxyl groups is 1. The third-order valence-corrected chi connectivity index (χ3v) is 8.71. The molecule has 186 valence electrons. The predicted molar refractivity (Wildman–Crippen MR) is 133 cm³/mol. The lowest BCUT2D eigenvalue weighted by Crippen LogP contribution is -2.58. The quantitative estimate of drug-likeness (QED) is 0.485. The zero-order valence-electron chi connectivity index (χ0n) is 19.7. The number of amides is 2. The summed E-state index contributed by atoms with van der Waals surface area (Å²) in [5, 5.41) is 19.9. The molecule has 9 heteroatoms. The van der Waals surface area contributed by atoms with E-state index in [0.717, 1.165) is 0 Å². The lowest BCUT2D eigenvalue weighted by atomic mass is 9.59. The molecule has 6 nitrogen and oxygen atoms in total. The van der Waals surface area contributed by atoms with E-state index < -0.39 is 34.3 Å². The fourth-order valence-electron chi connectivity index (χ4n) is 6.46. The minimum atomic E-state index is -1.31. The van der Waals surface area contributed by atoms with Gasteiger partial charge in [-0.15, -0.1) is 0 Å². The molecule has 0 unspecified atom stereocenters. The first-order valence-electron chi connectivity index (χ1n) is 11.8. The lowest BCUT2D eigenvalue weighted by Gasteiger charge is -2.42. The molecular formula is C26H28Cl2FN3O3. The van der Waals surface area contributed by atoms with Crippen LogP contribution >= 0.6 is 23.2 Å². The van der Waals surface area contributed by atoms with Crippen molar-refractivity contribution in [3.63, 3.8) is 0 Å². The highest BCUT2D eigenvalue weighted by atomic mass is 35.5. The van der Waals surface area contributed by atoms with Crippen LogP contribution in [0.3, 0.4) is 0 Å². The number of nitrogens with one attached hydrogen (secondary N) is 3. The second kappa shape index (κ2) is 8.17. The fraction of sp³-hybridized carbons (Fsp3) is 0.462. The molecule has 35 heavy (non-hydrogen) atoms. The van der Waals surface area contributed by atoms with Crippen molar-refractivity contribution in [2.45, 2.75) is 74.6 Å². The Morgan fingerprint density at radius 3 is 2.60 bits per heavy atom. The van der Waals surface area contributed by atoms with Gasteiger partial charge in [0.1, 0.15) is 11.2 Å². The van der Waals surface area contributed by atoms with Crippen molar-refractivity contribution in [2.24, 2.45) is 0 Å². The highest BCUT2D eigenvalue weighted by Gasteiger charge is 2.70. The molecule has 2 heterocycles. The summed E-state index contributed by atoms with van der Waals surface area (Å²) in [6, 6.07) is 8.70. The van der Waals surface area contributed by atoms with E-state index in [9.17, 15) is 14.7 Å². The number of rotatable bonds is 4. The summed E-state index contributed by atoms with van der Waals surface area (Å²) in [6.07, 6.45) is 1.35. The average molecular weight is 520 g/mol. The Bertz CT molecular complexity index is 1230. The van der Waals surface area contributed by atoms with Crippen LogP contribution in [0.25, 0.3) is 0 Å². The Morgan fingerprint density at radius 2 is 1.94 bits per heavy atom. The van der Waals surface area contributed by atoms with Gasteiger partial charge in [0.15, 0.2) is 0 Å². The number of halogens is 3. The van der Waals surface area contributed by atoms with Gasteiger partial charge in [-0.05, 0) is 62.4 Å². The van der Waals surface area contributed by atoms with Gasteiger partial charge in [-0.2, -0.15) is 0 Å². The van der Waals surface area contributed by atoms with Gasteiger partial charge < -0.3 is 15.7 Å². The summed E-state index contributed by atoms with van der Waals surface area (Å²) in [6.45, 7) is 5.56. The molecule has 2 amide bonds. The van der Waals surface area contributed by atoms with E-state index in [1.165, 1.54) is 6.07 Å². The fourth-order valence-corrected chi connectivity index (χ4v) is 6.82. The van der Waals surface area contributed by atoms with Gasteiger partial charge in [-0.1, -0.05) is 48.3 Å². The van der Waals surface area contributed by atoms with Crippen molar-refractivity contribution in [1.82, 2.24) is 10.6 Å². The summed E-state index contributed by atoms with van der Waals surface area (Å²) < 4.78 is 15.6. The first kappa shape index (κ1) is 24.5. The van der Waals surface area contributed by atoms with Gasteiger partial charge in [-0.25, -0.2) is 4.39 Å². The molecule has 0 radical (unpaired) electrons. The Hall–Kier alpha value is -2.19. The number of fused-ring (bicyclic) bond motifs is 2. The van der Waals surface area contributed by atoms with E-state index in [-0.39, 0.29) is 28.4 Å². The van der Waals surface area contributed by atoms with Crippen molar-refractivity contribution >= 4 is 40.7 Å². The van der Waals surface area contributed by atoms with Gasteiger partial charge >= 0.3 is 0 Å². The molecule has 2 aliphatic heterocycles. The molecule has 2 aromatic carbocycles. The van der Waals surface area contributed by atoms with Gasteiger partial charge in [-0.3, -0.25) is 14.9 Å². The van der Waals surface area contributed by atoms with Crippen molar-refractivity contribution in [1.29, 1.82) is 0 Å². The third kappa shape index (κ3) is 3.50. The Balaban J connectivity index is 1.70. The number of carbonyl (C=O) groups excluding carboxylic acids is 2. The normalized spacial score (nSPS) is 35.5. The van der Waals surface area contributed by atoms with E-state index in [1.807, 2.05) is 13.8 Å². The molecule has 0 aromatic heterocycles. The van der Waals surface area contributed by atoms with Crippen LogP contribution in [-0.2, 0) is 15.0 Å². The van der Waals surface area contributed by atoms with Crippen molar-refractivity contribution in [3.8, 4) is 0 Å². The molecule has 2 fully saturated rings. The highest BCUT2D eigenvalue weighted by molar-refractivity contribution is 6.31. The van der Waals surface area contributed by atoms with Crippen LogP contribution in [0.1, 0.15) is 57.1 Å². The Morgan fingerprint density at radius 1 is 1.23 bits per heavy atom. The summed E-state index contributed by atoms with van der Waals surface area (Å²) in [7, 11) is 0. The van der Waals surface area contributed by atoms with Crippen molar-refractivity contribution in [2.75, 3.05) is 5.32 Å². The van der Waals surface area contributed by atoms with E-state index in [2.05, 4.69) is 16.0 Å². The molecule has 1 aliphatic carbocycles. The summed E-state index contributed by atoms with van der Waals surface area (Å²) in [5.41, 5.74) is -1.62. The maximum absolute atomic E-state index is 15.6. The Kier molecular flexibility index (Phi) is 5.72. The molecular weight excluding hydrogens is 492 g/mol. The minimum Gasteiger partial charge on any atom is -0.390 e. The number of hydrogen-bond acceptors (Lipinski definition) is 4. The molecule has 4 N–H and O–H groups in total. The first-order chi connectivity index (χ1) is 16.4. The van der Waals surface area contributed by atoms with Crippen molar-refractivity contribution in [3.05, 3.63) is 63.4 Å². The van der Waals surface area contributed by atoms with Gasteiger partial charge in [0.05, 0.1) is 16.7 Å². The molecule has 0 bridgehead atoms. The van der Waals surface area contributed by atoms with Crippen molar-refractivity contribution < 1.29 is 19.1 Å². The van der Waals surface area contributed by atoms with Gasteiger partial charge in [0, 0.05) is 28.2 Å². The standard InChI is InChI=1S/C26H28Cl2FN3O3/c1-4-25(3)26(16-9-8-13(27)10-18(16)31-23(26)34)19(15-6-5-7-17(28)20(15)29)21(32-25)22(33)30-14-11-24(2,35)12-14/h5-10,14,19,21,32,35H,4,11-12H2,1-3H3,(H,30,33)(H,31,34)/t14-,19-,21+,24+,25-,26+/m0/s1. The molecule has 5 rings (SSSR count). The van der Waals surface area contributed by atoms with Crippen LogP contribution in [0, 0.1) is 5.82 Å². The van der Waals surface area contributed by atoms with E-state index in [1.54, 1.807) is 37.3 Å². The van der Waals surface area contributed by atoms with Gasteiger partial charge in [0.2, 0.25) is 11.8 Å². The summed E-state index contributed by atoms with van der Waals surface area (Å²) in [4.78, 5) is 27.6. The number of hydrogen-bond donors (Lipinski definition) is 4. The van der Waals surface area contributed by atoms with Crippen LogP contribution in [-0.4, -0.2) is 40.1 Å².